The molecule has 0 aliphatic heterocycles. The first-order valence-electron chi connectivity index (χ1n) is 3.96. The van der Waals surface area contributed by atoms with E-state index in [-0.39, 0.29) is 0 Å². The molecular formula is C9H8BrN3S. The van der Waals surface area contributed by atoms with Crippen molar-refractivity contribution < 1.29 is 0 Å². The molecule has 0 radical (unpaired) electrons. The van der Waals surface area contributed by atoms with E-state index in [0.717, 1.165) is 10.2 Å². The van der Waals surface area contributed by atoms with Crippen LogP contribution in [0, 0.1) is 0 Å². The molecule has 0 aliphatic carbocycles. The highest BCUT2D eigenvalue weighted by molar-refractivity contribution is 9.10. The van der Waals surface area contributed by atoms with Crippen LogP contribution in [-0.2, 0) is 0 Å². The van der Waals surface area contributed by atoms with E-state index in [9.17, 15) is 0 Å². The number of nitrogen functional groups attached to an aromatic ring is 1. The second-order valence-electron chi connectivity index (χ2n) is 2.73. The molecule has 0 atom stereocenters. The maximum absolute atomic E-state index is 5.79. The van der Waals surface area contributed by atoms with Crippen molar-refractivity contribution >= 4 is 44.5 Å². The number of anilines is 3. The van der Waals surface area contributed by atoms with E-state index in [1.807, 2.05) is 22.9 Å². The van der Waals surface area contributed by atoms with Crippen LogP contribution in [0.2, 0.25) is 0 Å². The summed E-state index contributed by atoms with van der Waals surface area (Å²) in [5, 5.41) is 7.13. The van der Waals surface area contributed by atoms with Gasteiger partial charge in [0.25, 0.3) is 0 Å². The first-order chi connectivity index (χ1) is 6.75. The van der Waals surface area contributed by atoms with Crippen LogP contribution in [0.5, 0.6) is 0 Å². The summed E-state index contributed by atoms with van der Waals surface area (Å²) >= 11 is 4.93. The van der Waals surface area contributed by atoms with Crippen LogP contribution in [0.1, 0.15) is 0 Å². The van der Waals surface area contributed by atoms with Gasteiger partial charge < -0.3 is 11.1 Å². The summed E-state index contributed by atoms with van der Waals surface area (Å²) in [4.78, 5) is 4.17. The largest absolute Gasteiger partial charge is 0.396 e. The molecule has 0 bridgehead atoms. The van der Waals surface area contributed by atoms with Crippen molar-refractivity contribution in [2.45, 2.75) is 0 Å². The summed E-state index contributed by atoms with van der Waals surface area (Å²) in [6.45, 7) is 0. The van der Waals surface area contributed by atoms with Gasteiger partial charge in [0.15, 0.2) is 5.82 Å². The molecule has 2 heterocycles. The van der Waals surface area contributed by atoms with Gasteiger partial charge in [0.2, 0.25) is 0 Å². The summed E-state index contributed by atoms with van der Waals surface area (Å²) < 4.78 is 0.880. The Morgan fingerprint density at radius 1 is 1.50 bits per heavy atom. The zero-order valence-electron chi connectivity index (χ0n) is 7.20. The SMILES string of the molecule is Nc1cc(Br)cnc1Nc1ccsc1. The minimum absolute atomic E-state index is 0.630. The molecule has 0 saturated heterocycles. The number of hydrogen-bond acceptors (Lipinski definition) is 4. The average molecular weight is 270 g/mol. The molecule has 3 nitrogen and oxygen atoms in total. The minimum Gasteiger partial charge on any atom is -0.396 e. The smallest absolute Gasteiger partial charge is 0.153 e. The third-order valence-electron chi connectivity index (χ3n) is 1.67. The maximum Gasteiger partial charge on any atom is 0.153 e. The molecule has 2 aromatic rings. The van der Waals surface area contributed by atoms with Gasteiger partial charge in [-0.1, -0.05) is 0 Å². The fourth-order valence-corrected chi connectivity index (χ4v) is 1.97. The molecule has 0 fully saturated rings. The predicted molar refractivity (Wildman–Crippen MR) is 64.0 cm³/mol. The van der Waals surface area contributed by atoms with Gasteiger partial charge in [0, 0.05) is 16.0 Å². The molecule has 5 heteroatoms. The third-order valence-corrected chi connectivity index (χ3v) is 2.78. The summed E-state index contributed by atoms with van der Waals surface area (Å²) in [5.41, 5.74) is 7.43. The Morgan fingerprint density at radius 3 is 3.00 bits per heavy atom. The highest BCUT2D eigenvalue weighted by Gasteiger charge is 2.01. The van der Waals surface area contributed by atoms with Crippen LogP contribution in [0.4, 0.5) is 17.2 Å². The number of pyridine rings is 1. The van der Waals surface area contributed by atoms with Crippen molar-refractivity contribution in [2.75, 3.05) is 11.1 Å². The van der Waals surface area contributed by atoms with Crippen molar-refractivity contribution in [1.82, 2.24) is 4.98 Å². The molecule has 0 unspecified atom stereocenters. The molecule has 0 aromatic carbocycles. The molecule has 2 aromatic heterocycles. The first-order valence-corrected chi connectivity index (χ1v) is 5.69. The molecule has 14 heavy (non-hydrogen) atoms. The van der Waals surface area contributed by atoms with Crippen LogP contribution >= 0.6 is 27.3 Å². The van der Waals surface area contributed by atoms with Gasteiger partial charge in [-0.05, 0) is 33.4 Å². The number of hydrogen-bond donors (Lipinski definition) is 2. The van der Waals surface area contributed by atoms with Crippen LogP contribution in [0.25, 0.3) is 0 Å². The number of aromatic nitrogens is 1. The predicted octanol–water partition coefficient (Wildman–Crippen LogP) is 3.23. The van der Waals surface area contributed by atoms with Crippen LogP contribution < -0.4 is 11.1 Å². The highest BCUT2D eigenvalue weighted by atomic mass is 79.9. The normalized spacial score (nSPS) is 10.1. The lowest BCUT2D eigenvalue weighted by molar-refractivity contribution is 1.30. The van der Waals surface area contributed by atoms with Gasteiger partial charge >= 0.3 is 0 Å². The number of nitrogens with one attached hydrogen (secondary N) is 1. The number of rotatable bonds is 2. The molecule has 0 spiro atoms. The molecule has 2 rings (SSSR count). The number of halogens is 1. The van der Waals surface area contributed by atoms with Gasteiger partial charge in [0.1, 0.15) is 0 Å². The van der Waals surface area contributed by atoms with Crippen LogP contribution in [-0.4, -0.2) is 4.98 Å². The molecule has 0 aliphatic rings. The van der Waals surface area contributed by atoms with Crippen molar-refractivity contribution in [1.29, 1.82) is 0 Å². The number of nitrogens with zero attached hydrogens (tertiary/aromatic N) is 1. The minimum atomic E-state index is 0.630. The Kier molecular flexibility index (Phi) is 2.69. The average Bonchev–Trinajstić information content (AvgIpc) is 2.62. The van der Waals surface area contributed by atoms with Crippen molar-refractivity contribution in [2.24, 2.45) is 0 Å². The lowest BCUT2D eigenvalue weighted by Crippen LogP contribution is -1.97. The summed E-state index contributed by atoms with van der Waals surface area (Å²) in [7, 11) is 0. The second-order valence-corrected chi connectivity index (χ2v) is 4.42. The van der Waals surface area contributed by atoms with Gasteiger partial charge in [0.05, 0.1) is 11.4 Å². The van der Waals surface area contributed by atoms with E-state index in [1.165, 1.54) is 0 Å². The monoisotopic (exact) mass is 269 g/mol. The van der Waals surface area contributed by atoms with Crippen LogP contribution in [0.3, 0.4) is 0 Å². The Morgan fingerprint density at radius 2 is 2.36 bits per heavy atom. The molecule has 0 saturated carbocycles. The van der Waals surface area contributed by atoms with Crippen molar-refractivity contribution in [3.05, 3.63) is 33.6 Å². The van der Waals surface area contributed by atoms with Crippen LogP contribution in [0.15, 0.2) is 33.6 Å². The van der Waals surface area contributed by atoms with E-state index in [2.05, 4.69) is 26.2 Å². The van der Waals surface area contributed by atoms with E-state index < -0.39 is 0 Å². The molecular weight excluding hydrogens is 262 g/mol. The standard InChI is InChI=1S/C9H8BrN3S/c10-6-3-8(11)9(12-4-6)13-7-1-2-14-5-7/h1-5H,11H2,(H,12,13). The zero-order valence-corrected chi connectivity index (χ0v) is 9.60. The number of thiophene rings is 1. The molecule has 0 amide bonds. The van der Waals surface area contributed by atoms with Gasteiger partial charge in [-0.15, -0.1) is 0 Å². The summed E-state index contributed by atoms with van der Waals surface area (Å²) in [5.74, 6) is 0.687. The lowest BCUT2D eigenvalue weighted by Gasteiger charge is -2.05. The van der Waals surface area contributed by atoms with Gasteiger partial charge in [-0.25, -0.2) is 4.98 Å². The topological polar surface area (TPSA) is 50.9 Å². The van der Waals surface area contributed by atoms with E-state index in [1.54, 1.807) is 17.5 Å². The van der Waals surface area contributed by atoms with E-state index in [4.69, 9.17) is 5.73 Å². The van der Waals surface area contributed by atoms with Gasteiger partial charge in [-0.3, -0.25) is 0 Å². The number of nitrogens with two attached hydrogens (primary N) is 1. The summed E-state index contributed by atoms with van der Waals surface area (Å²) in [6.07, 6.45) is 1.71. The fraction of sp³-hybridized carbons (Fsp3) is 0. The fourth-order valence-electron chi connectivity index (χ4n) is 1.03. The van der Waals surface area contributed by atoms with Crippen molar-refractivity contribution in [3.63, 3.8) is 0 Å². The zero-order chi connectivity index (χ0) is 9.97. The molecule has 72 valence electrons. The third kappa shape index (κ3) is 2.05. The van der Waals surface area contributed by atoms with E-state index >= 15 is 0 Å². The Hall–Kier alpha value is -1.07. The quantitative estimate of drug-likeness (QED) is 0.880. The van der Waals surface area contributed by atoms with Crippen molar-refractivity contribution in [3.8, 4) is 0 Å². The summed E-state index contributed by atoms with van der Waals surface area (Å²) in [6, 6.07) is 3.80. The molecule has 3 N–H and O–H groups in total. The lowest BCUT2D eigenvalue weighted by atomic mass is 10.4. The second kappa shape index (κ2) is 3.98. The van der Waals surface area contributed by atoms with E-state index in [0.29, 0.717) is 11.5 Å². The highest BCUT2D eigenvalue weighted by Crippen LogP contribution is 2.24. The first kappa shape index (κ1) is 9.48. The van der Waals surface area contributed by atoms with Gasteiger partial charge in [-0.2, -0.15) is 11.3 Å². The Balaban J connectivity index is 2.25. The Bertz CT molecular complexity index is 428. The Labute approximate surface area is 94.1 Å². The maximum atomic E-state index is 5.79.